The summed E-state index contributed by atoms with van der Waals surface area (Å²) in [6.45, 7) is 8.44. The maximum Gasteiger partial charge on any atom is 0.213 e. The van der Waals surface area contributed by atoms with Gasteiger partial charge in [0.05, 0.1) is 5.75 Å². The minimum atomic E-state index is -3.08. The Balaban J connectivity index is 0.00000364. The zero-order valence-corrected chi connectivity index (χ0v) is 19.6. The van der Waals surface area contributed by atoms with Crippen molar-refractivity contribution in [3.63, 3.8) is 0 Å². The zero-order chi connectivity index (χ0) is 19.0. The van der Waals surface area contributed by atoms with E-state index in [0.717, 1.165) is 31.8 Å². The normalized spacial score (nSPS) is 16.6. The van der Waals surface area contributed by atoms with Crippen molar-refractivity contribution in [3.05, 3.63) is 29.6 Å². The lowest BCUT2D eigenvalue weighted by Crippen LogP contribution is -2.50. The van der Waals surface area contributed by atoms with Gasteiger partial charge in [0.2, 0.25) is 10.0 Å². The van der Waals surface area contributed by atoms with E-state index in [1.807, 2.05) is 25.4 Å². The number of nitrogens with one attached hydrogen (secondary N) is 2. The molecule has 1 aromatic rings. The number of sulfonamides is 1. The van der Waals surface area contributed by atoms with E-state index in [4.69, 9.17) is 0 Å². The van der Waals surface area contributed by atoms with Crippen LogP contribution < -0.4 is 10.6 Å². The molecule has 0 unspecified atom stereocenters. The van der Waals surface area contributed by atoms with Gasteiger partial charge in [-0.05, 0) is 57.2 Å². The van der Waals surface area contributed by atoms with Gasteiger partial charge in [-0.2, -0.15) is 0 Å². The van der Waals surface area contributed by atoms with Gasteiger partial charge in [-0.3, -0.25) is 9.98 Å². The monoisotopic (exact) mass is 509 g/mol. The van der Waals surface area contributed by atoms with Crippen LogP contribution in [0.5, 0.6) is 0 Å². The Morgan fingerprint density at radius 3 is 2.63 bits per heavy atom. The van der Waals surface area contributed by atoms with E-state index in [-0.39, 0.29) is 35.8 Å². The average molecular weight is 509 g/mol. The summed E-state index contributed by atoms with van der Waals surface area (Å²) in [4.78, 5) is 8.79. The Hall–Kier alpha value is -0.940. The predicted octanol–water partition coefficient (Wildman–Crippen LogP) is 1.92. The van der Waals surface area contributed by atoms with Crippen molar-refractivity contribution >= 4 is 40.0 Å². The molecule has 27 heavy (non-hydrogen) atoms. The first-order valence-corrected chi connectivity index (χ1v) is 11.0. The van der Waals surface area contributed by atoms with Crippen LogP contribution in [0.4, 0.5) is 0 Å². The molecule has 1 fully saturated rings. The largest absolute Gasteiger partial charge is 0.357 e. The number of guanidine groups is 1. The van der Waals surface area contributed by atoms with Gasteiger partial charge >= 0.3 is 0 Å². The second-order valence-corrected chi connectivity index (χ2v) is 8.79. The van der Waals surface area contributed by atoms with Crippen molar-refractivity contribution in [2.24, 2.45) is 4.99 Å². The van der Waals surface area contributed by atoms with Gasteiger partial charge in [0.25, 0.3) is 0 Å². The molecule has 0 saturated carbocycles. The fourth-order valence-corrected chi connectivity index (χ4v) is 4.18. The lowest BCUT2D eigenvalue weighted by Gasteiger charge is -2.32. The lowest BCUT2D eigenvalue weighted by molar-refractivity contribution is 0.306. The molecular weight excluding hydrogens is 477 g/mol. The van der Waals surface area contributed by atoms with Crippen molar-refractivity contribution < 1.29 is 8.42 Å². The summed E-state index contributed by atoms with van der Waals surface area (Å²) in [5.41, 5.74) is 2.45. The number of halogens is 1. The summed E-state index contributed by atoms with van der Waals surface area (Å²) in [6.07, 6.45) is 6.16. The van der Waals surface area contributed by atoms with Crippen LogP contribution in [0.25, 0.3) is 0 Å². The second-order valence-electron chi connectivity index (χ2n) is 6.53. The molecule has 0 amide bonds. The van der Waals surface area contributed by atoms with Crippen LogP contribution in [0.2, 0.25) is 0 Å². The highest BCUT2D eigenvalue weighted by molar-refractivity contribution is 14.0. The molecule has 0 atom stereocenters. The molecule has 7 nitrogen and oxygen atoms in total. The van der Waals surface area contributed by atoms with Crippen LogP contribution in [0.3, 0.4) is 0 Å². The minimum absolute atomic E-state index is 0. The first-order valence-electron chi connectivity index (χ1n) is 9.38. The third-order valence-electron chi connectivity index (χ3n) is 4.68. The molecule has 2 heterocycles. The molecule has 0 spiro atoms. The van der Waals surface area contributed by atoms with E-state index in [9.17, 15) is 8.42 Å². The number of nitrogens with zero attached hydrogens (tertiary/aromatic N) is 3. The maximum atomic E-state index is 12.0. The van der Waals surface area contributed by atoms with Crippen molar-refractivity contribution in [3.8, 4) is 0 Å². The lowest BCUT2D eigenvalue weighted by atomic mass is 10.1. The topological polar surface area (TPSA) is 86.7 Å². The van der Waals surface area contributed by atoms with Gasteiger partial charge in [-0.1, -0.05) is 0 Å². The van der Waals surface area contributed by atoms with Crippen LogP contribution in [0, 0.1) is 6.92 Å². The Kier molecular flexibility index (Phi) is 10.5. The second kappa shape index (κ2) is 11.8. The smallest absolute Gasteiger partial charge is 0.213 e. The number of rotatable bonds is 7. The van der Waals surface area contributed by atoms with Gasteiger partial charge in [0, 0.05) is 44.6 Å². The number of aryl methyl sites for hydroxylation is 1. The fraction of sp³-hybridized carbons (Fsp3) is 0.667. The summed E-state index contributed by atoms with van der Waals surface area (Å²) in [7, 11) is -3.08. The summed E-state index contributed by atoms with van der Waals surface area (Å²) >= 11 is 0. The van der Waals surface area contributed by atoms with Gasteiger partial charge in [-0.25, -0.2) is 12.7 Å². The van der Waals surface area contributed by atoms with E-state index < -0.39 is 10.0 Å². The molecular formula is C18H32IN5O2S. The molecule has 9 heteroatoms. The highest BCUT2D eigenvalue weighted by Crippen LogP contribution is 2.14. The fourth-order valence-electron chi connectivity index (χ4n) is 3.05. The van der Waals surface area contributed by atoms with Gasteiger partial charge in [0.1, 0.15) is 0 Å². The Morgan fingerprint density at radius 1 is 1.33 bits per heavy atom. The summed E-state index contributed by atoms with van der Waals surface area (Å²) in [5, 5.41) is 6.73. The summed E-state index contributed by atoms with van der Waals surface area (Å²) < 4.78 is 25.5. The standard InChI is InChI=1S/C18H31N5O2S.HI/c1-4-20-18(21-11-7-16-6-10-19-14-15(16)3)22-17-8-12-23(13-9-17)26(24,25)5-2;/h6,10,14,17H,4-5,7-9,11-13H2,1-3H3,(H2,20,21,22);1H. The molecule has 2 N–H and O–H groups in total. The molecule has 0 radical (unpaired) electrons. The van der Waals surface area contributed by atoms with E-state index in [0.29, 0.717) is 19.6 Å². The maximum absolute atomic E-state index is 12.0. The molecule has 0 bridgehead atoms. The molecule has 1 aliphatic rings. The Labute approximate surface area is 180 Å². The van der Waals surface area contributed by atoms with Gasteiger partial charge in [0.15, 0.2) is 5.96 Å². The van der Waals surface area contributed by atoms with Crippen LogP contribution in [0.1, 0.15) is 37.8 Å². The number of piperidine rings is 1. The summed E-state index contributed by atoms with van der Waals surface area (Å²) in [6, 6.07) is 2.29. The number of aliphatic imine (C=N–C) groups is 1. The summed E-state index contributed by atoms with van der Waals surface area (Å²) in [5.74, 6) is 0.972. The van der Waals surface area contributed by atoms with Crippen LogP contribution in [-0.4, -0.2) is 61.6 Å². The predicted molar refractivity (Wildman–Crippen MR) is 121 cm³/mol. The highest BCUT2D eigenvalue weighted by atomic mass is 127. The molecule has 0 aliphatic carbocycles. The molecule has 2 rings (SSSR count). The average Bonchev–Trinajstić information content (AvgIpc) is 2.64. The quantitative estimate of drug-likeness (QED) is 0.333. The van der Waals surface area contributed by atoms with E-state index in [1.165, 1.54) is 11.1 Å². The molecule has 1 aliphatic heterocycles. The van der Waals surface area contributed by atoms with Crippen molar-refractivity contribution in [2.75, 3.05) is 31.9 Å². The minimum Gasteiger partial charge on any atom is -0.357 e. The number of aromatic nitrogens is 1. The number of hydrogen-bond donors (Lipinski definition) is 2. The first-order chi connectivity index (χ1) is 12.5. The van der Waals surface area contributed by atoms with Crippen LogP contribution in [-0.2, 0) is 16.4 Å². The van der Waals surface area contributed by atoms with Gasteiger partial charge < -0.3 is 10.6 Å². The van der Waals surface area contributed by atoms with Crippen molar-refractivity contribution in [2.45, 2.75) is 46.1 Å². The first kappa shape index (κ1) is 24.1. The van der Waals surface area contributed by atoms with Gasteiger partial charge in [-0.15, -0.1) is 24.0 Å². The molecule has 1 aromatic heterocycles. The van der Waals surface area contributed by atoms with E-state index in [1.54, 1.807) is 11.2 Å². The molecule has 154 valence electrons. The van der Waals surface area contributed by atoms with Crippen LogP contribution >= 0.6 is 24.0 Å². The molecule has 1 saturated heterocycles. The van der Waals surface area contributed by atoms with Crippen LogP contribution in [0.15, 0.2) is 23.5 Å². The highest BCUT2D eigenvalue weighted by Gasteiger charge is 2.26. The third-order valence-corrected chi connectivity index (χ3v) is 6.57. The van der Waals surface area contributed by atoms with E-state index >= 15 is 0 Å². The SMILES string of the molecule is CCNC(=NCCc1ccncc1C)NC1CCN(S(=O)(=O)CC)CC1.I. The zero-order valence-electron chi connectivity index (χ0n) is 16.4. The number of hydrogen-bond acceptors (Lipinski definition) is 4. The molecule has 0 aromatic carbocycles. The van der Waals surface area contributed by atoms with Crippen molar-refractivity contribution in [1.82, 2.24) is 19.9 Å². The third kappa shape index (κ3) is 7.53. The Morgan fingerprint density at radius 2 is 2.04 bits per heavy atom. The van der Waals surface area contributed by atoms with E-state index in [2.05, 4.69) is 27.5 Å². The Bertz CT molecular complexity index is 703. The number of pyridine rings is 1. The van der Waals surface area contributed by atoms with Crippen molar-refractivity contribution in [1.29, 1.82) is 0 Å².